The summed E-state index contributed by atoms with van der Waals surface area (Å²) in [7, 11) is -3.09. The van der Waals surface area contributed by atoms with Crippen LogP contribution in [0, 0.1) is 0 Å². The number of para-hydroxylation sites is 1. The molecule has 5 nitrogen and oxygen atoms in total. The predicted molar refractivity (Wildman–Crippen MR) is 101 cm³/mol. The molecule has 2 aromatic carbocycles. The second-order valence-corrected chi connectivity index (χ2v) is 8.69. The number of anilines is 2. The lowest BCUT2D eigenvalue weighted by Crippen LogP contribution is -2.44. The minimum atomic E-state index is -3.09. The summed E-state index contributed by atoms with van der Waals surface area (Å²) in [6.07, 6.45) is 0.458. The fourth-order valence-corrected chi connectivity index (χ4v) is 4.88. The first-order valence-corrected chi connectivity index (χ1v) is 10.2. The Bertz CT molecular complexity index is 856. The molecule has 0 spiro atoms. The normalized spacial score (nSPS) is 18.7. The fourth-order valence-electron chi connectivity index (χ4n) is 2.99. The van der Waals surface area contributed by atoms with E-state index in [1.54, 1.807) is 23.1 Å². The van der Waals surface area contributed by atoms with Gasteiger partial charge in [-0.25, -0.2) is 8.42 Å². The van der Waals surface area contributed by atoms with E-state index in [-0.39, 0.29) is 30.0 Å². The molecule has 1 amide bonds. The summed E-state index contributed by atoms with van der Waals surface area (Å²) in [5, 5.41) is 3.64. The summed E-state index contributed by atoms with van der Waals surface area (Å²) < 4.78 is 23.7. The van der Waals surface area contributed by atoms with E-state index in [2.05, 4.69) is 5.32 Å². The molecular formula is C18H19ClN2O3S. The smallest absolute Gasteiger partial charge is 0.246 e. The van der Waals surface area contributed by atoms with Gasteiger partial charge in [-0.1, -0.05) is 35.9 Å². The highest BCUT2D eigenvalue weighted by Gasteiger charge is 2.35. The molecule has 2 aromatic rings. The SMILES string of the molecule is O=C(CNc1cccc(Cl)c1)N(c1ccccc1)C1CCS(=O)(=O)C1. The molecule has 1 unspecified atom stereocenters. The minimum absolute atomic E-state index is 0.00476. The highest BCUT2D eigenvalue weighted by molar-refractivity contribution is 7.91. The summed E-state index contributed by atoms with van der Waals surface area (Å²) in [6.45, 7) is 0.0613. The van der Waals surface area contributed by atoms with Crippen LogP contribution in [-0.2, 0) is 14.6 Å². The Morgan fingerprint density at radius 3 is 2.56 bits per heavy atom. The third-order valence-corrected chi connectivity index (χ3v) is 6.13. The maximum Gasteiger partial charge on any atom is 0.246 e. The van der Waals surface area contributed by atoms with Gasteiger partial charge in [0.1, 0.15) is 0 Å². The third-order valence-electron chi connectivity index (χ3n) is 4.14. The number of carbonyl (C=O) groups excluding carboxylic acids is 1. The van der Waals surface area contributed by atoms with E-state index in [4.69, 9.17) is 11.6 Å². The number of nitrogens with zero attached hydrogens (tertiary/aromatic N) is 1. The molecule has 1 N–H and O–H groups in total. The number of nitrogens with one attached hydrogen (secondary N) is 1. The molecule has 0 saturated carbocycles. The Labute approximate surface area is 152 Å². The lowest BCUT2D eigenvalue weighted by Gasteiger charge is -2.28. The fraction of sp³-hybridized carbons (Fsp3) is 0.278. The van der Waals surface area contributed by atoms with Crippen LogP contribution in [0.2, 0.25) is 5.02 Å². The molecule has 0 aliphatic carbocycles. The maximum atomic E-state index is 12.8. The Hall–Kier alpha value is -2.05. The zero-order valence-corrected chi connectivity index (χ0v) is 15.1. The van der Waals surface area contributed by atoms with E-state index in [1.807, 2.05) is 36.4 Å². The third kappa shape index (κ3) is 4.52. The molecule has 1 saturated heterocycles. The van der Waals surface area contributed by atoms with Crippen LogP contribution >= 0.6 is 11.6 Å². The summed E-state index contributed by atoms with van der Waals surface area (Å²) >= 11 is 5.95. The molecule has 0 aromatic heterocycles. The molecule has 3 rings (SSSR count). The van der Waals surface area contributed by atoms with Crippen LogP contribution in [0.1, 0.15) is 6.42 Å². The first-order valence-electron chi connectivity index (χ1n) is 8.01. The van der Waals surface area contributed by atoms with Crippen LogP contribution in [0.4, 0.5) is 11.4 Å². The Balaban J connectivity index is 1.78. The summed E-state index contributed by atoms with van der Waals surface area (Å²) in [4.78, 5) is 14.4. The van der Waals surface area contributed by atoms with Crippen molar-refractivity contribution in [1.29, 1.82) is 0 Å². The first kappa shape index (κ1) is 17.8. The predicted octanol–water partition coefficient (Wildman–Crippen LogP) is 2.97. The van der Waals surface area contributed by atoms with Crippen molar-refractivity contribution in [2.24, 2.45) is 0 Å². The monoisotopic (exact) mass is 378 g/mol. The lowest BCUT2D eigenvalue weighted by molar-refractivity contribution is -0.117. The zero-order valence-electron chi connectivity index (χ0n) is 13.6. The van der Waals surface area contributed by atoms with Crippen LogP contribution in [0.25, 0.3) is 0 Å². The number of hydrogen-bond donors (Lipinski definition) is 1. The molecule has 132 valence electrons. The summed E-state index contributed by atoms with van der Waals surface area (Å²) in [5.41, 5.74) is 1.45. The van der Waals surface area contributed by atoms with Crippen molar-refractivity contribution in [2.75, 3.05) is 28.3 Å². The van der Waals surface area contributed by atoms with E-state index < -0.39 is 9.84 Å². The van der Waals surface area contributed by atoms with Crippen LogP contribution < -0.4 is 10.2 Å². The molecule has 25 heavy (non-hydrogen) atoms. The number of sulfone groups is 1. The van der Waals surface area contributed by atoms with Gasteiger partial charge in [-0.05, 0) is 36.8 Å². The maximum absolute atomic E-state index is 12.8. The van der Waals surface area contributed by atoms with Gasteiger partial charge in [0.05, 0.1) is 24.1 Å². The van der Waals surface area contributed by atoms with Crippen molar-refractivity contribution in [2.45, 2.75) is 12.5 Å². The van der Waals surface area contributed by atoms with Crippen molar-refractivity contribution < 1.29 is 13.2 Å². The van der Waals surface area contributed by atoms with Gasteiger partial charge in [0.2, 0.25) is 5.91 Å². The molecule has 0 radical (unpaired) electrons. The average Bonchev–Trinajstić information content (AvgIpc) is 2.94. The Morgan fingerprint density at radius 2 is 1.92 bits per heavy atom. The van der Waals surface area contributed by atoms with Gasteiger partial charge in [0, 0.05) is 16.4 Å². The van der Waals surface area contributed by atoms with Gasteiger partial charge in [-0.3, -0.25) is 4.79 Å². The molecule has 0 bridgehead atoms. The van der Waals surface area contributed by atoms with Gasteiger partial charge >= 0.3 is 0 Å². The van der Waals surface area contributed by atoms with Gasteiger partial charge in [0.15, 0.2) is 9.84 Å². The number of halogens is 1. The standard InChI is InChI=1S/C18H19ClN2O3S/c19-14-5-4-6-15(11-14)20-12-18(22)21(16-7-2-1-3-8-16)17-9-10-25(23,24)13-17/h1-8,11,17,20H,9-10,12-13H2. The number of hydrogen-bond acceptors (Lipinski definition) is 4. The first-order chi connectivity index (χ1) is 11.9. The van der Waals surface area contributed by atoms with Crippen molar-refractivity contribution in [3.05, 3.63) is 59.6 Å². The molecule has 7 heteroatoms. The Morgan fingerprint density at radius 1 is 1.16 bits per heavy atom. The number of rotatable bonds is 5. The van der Waals surface area contributed by atoms with Crippen LogP contribution in [0.5, 0.6) is 0 Å². The minimum Gasteiger partial charge on any atom is -0.376 e. The topological polar surface area (TPSA) is 66.5 Å². The zero-order chi connectivity index (χ0) is 17.9. The second-order valence-electron chi connectivity index (χ2n) is 6.02. The molecule has 1 fully saturated rings. The van der Waals surface area contributed by atoms with E-state index in [9.17, 15) is 13.2 Å². The number of amides is 1. The largest absolute Gasteiger partial charge is 0.376 e. The van der Waals surface area contributed by atoms with Gasteiger partial charge in [-0.15, -0.1) is 0 Å². The second kappa shape index (κ2) is 7.45. The van der Waals surface area contributed by atoms with Crippen LogP contribution in [0.3, 0.4) is 0 Å². The van der Waals surface area contributed by atoms with Crippen molar-refractivity contribution in [1.82, 2.24) is 0 Å². The van der Waals surface area contributed by atoms with Crippen molar-refractivity contribution >= 4 is 38.7 Å². The van der Waals surface area contributed by atoms with Crippen LogP contribution in [0.15, 0.2) is 54.6 Å². The highest BCUT2D eigenvalue weighted by Crippen LogP contribution is 2.25. The number of benzene rings is 2. The van der Waals surface area contributed by atoms with Crippen molar-refractivity contribution in [3.63, 3.8) is 0 Å². The summed E-state index contributed by atoms with van der Waals surface area (Å²) in [5.74, 6) is -0.0471. The van der Waals surface area contributed by atoms with E-state index in [1.165, 1.54) is 0 Å². The Kier molecular flexibility index (Phi) is 5.30. The van der Waals surface area contributed by atoms with Crippen molar-refractivity contribution in [3.8, 4) is 0 Å². The molecule has 1 aliphatic rings. The van der Waals surface area contributed by atoms with Gasteiger partial charge in [-0.2, -0.15) is 0 Å². The van der Waals surface area contributed by atoms with E-state index in [0.29, 0.717) is 17.1 Å². The molecular weight excluding hydrogens is 360 g/mol. The van der Waals surface area contributed by atoms with Gasteiger partial charge < -0.3 is 10.2 Å². The highest BCUT2D eigenvalue weighted by atomic mass is 35.5. The lowest BCUT2D eigenvalue weighted by atomic mass is 10.1. The average molecular weight is 379 g/mol. The van der Waals surface area contributed by atoms with Gasteiger partial charge in [0.25, 0.3) is 0 Å². The quantitative estimate of drug-likeness (QED) is 0.868. The summed E-state index contributed by atoms with van der Waals surface area (Å²) in [6, 6.07) is 16.0. The number of carbonyl (C=O) groups is 1. The molecule has 1 atom stereocenters. The van der Waals surface area contributed by atoms with Crippen LogP contribution in [-0.4, -0.2) is 38.4 Å². The van der Waals surface area contributed by atoms with E-state index in [0.717, 1.165) is 5.69 Å². The molecule has 1 aliphatic heterocycles. The molecule has 1 heterocycles. The van der Waals surface area contributed by atoms with E-state index >= 15 is 0 Å².